The molecule has 0 saturated carbocycles. The van der Waals surface area contributed by atoms with Gasteiger partial charge in [-0.05, 0) is 36.8 Å². The van der Waals surface area contributed by atoms with E-state index in [0.29, 0.717) is 5.88 Å². The van der Waals surface area contributed by atoms with Crippen LogP contribution in [0, 0.1) is 11.8 Å². The van der Waals surface area contributed by atoms with Crippen molar-refractivity contribution in [1.29, 1.82) is 0 Å². The van der Waals surface area contributed by atoms with Gasteiger partial charge in [-0.2, -0.15) is 0 Å². The molecule has 0 atom stereocenters. The molecule has 0 aliphatic carbocycles. The first kappa shape index (κ1) is 12.7. The Labute approximate surface area is 109 Å². The first-order chi connectivity index (χ1) is 8.20. The van der Waals surface area contributed by atoms with Crippen LogP contribution in [0.2, 0.25) is 0 Å². The van der Waals surface area contributed by atoms with Crippen molar-refractivity contribution >= 4 is 17.4 Å². The topological polar surface area (TPSA) is 16.1 Å². The first-order valence-corrected chi connectivity index (χ1v) is 7.01. The standard InChI is InChI=1S/C14H21ClN2/c1-11(2)12-6-8-17(9-7-12)14-5-3-4-13(10-15)16-14/h3-5,11-12H,6-10H2,1-2H3. The number of rotatable bonds is 3. The summed E-state index contributed by atoms with van der Waals surface area (Å²) in [5.74, 6) is 3.27. The Balaban J connectivity index is 2.00. The van der Waals surface area contributed by atoms with Gasteiger partial charge in [0.2, 0.25) is 0 Å². The van der Waals surface area contributed by atoms with E-state index in [1.165, 1.54) is 12.8 Å². The summed E-state index contributed by atoms with van der Waals surface area (Å²) in [5, 5.41) is 0. The van der Waals surface area contributed by atoms with Crippen LogP contribution in [0.4, 0.5) is 5.82 Å². The van der Waals surface area contributed by atoms with Crippen molar-refractivity contribution in [1.82, 2.24) is 4.98 Å². The van der Waals surface area contributed by atoms with Crippen molar-refractivity contribution in [2.24, 2.45) is 11.8 Å². The maximum absolute atomic E-state index is 5.82. The Morgan fingerprint density at radius 1 is 1.35 bits per heavy atom. The number of pyridine rings is 1. The van der Waals surface area contributed by atoms with Crippen LogP contribution in [0.15, 0.2) is 18.2 Å². The zero-order valence-electron chi connectivity index (χ0n) is 10.7. The highest BCUT2D eigenvalue weighted by Crippen LogP contribution is 2.27. The fourth-order valence-electron chi connectivity index (χ4n) is 2.51. The molecule has 1 aromatic heterocycles. The maximum Gasteiger partial charge on any atom is 0.128 e. The predicted octanol–water partition coefficient (Wildman–Crippen LogP) is 3.69. The molecule has 1 aliphatic heterocycles. The third-order valence-electron chi connectivity index (χ3n) is 3.74. The molecule has 1 fully saturated rings. The van der Waals surface area contributed by atoms with E-state index < -0.39 is 0 Å². The summed E-state index contributed by atoms with van der Waals surface area (Å²) < 4.78 is 0. The van der Waals surface area contributed by atoms with Gasteiger partial charge in [0.05, 0.1) is 11.6 Å². The number of halogens is 1. The zero-order valence-corrected chi connectivity index (χ0v) is 11.5. The van der Waals surface area contributed by atoms with Gasteiger partial charge in [0, 0.05) is 13.1 Å². The quantitative estimate of drug-likeness (QED) is 0.763. The Hall–Kier alpha value is -0.760. The molecule has 94 valence electrons. The van der Waals surface area contributed by atoms with E-state index in [-0.39, 0.29) is 0 Å². The zero-order chi connectivity index (χ0) is 12.3. The third-order valence-corrected chi connectivity index (χ3v) is 4.01. The van der Waals surface area contributed by atoms with Gasteiger partial charge in [0.15, 0.2) is 0 Å². The highest BCUT2D eigenvalue weighted by molar-refractivity contribution is 6.16. The molecule has 0 aromatic carbocycles. The summed E-state index contributed by atoms with van der Waals surface area (Å²) in [7, 11) is 0. The van der Waals surface area contributed by atoms with E-state index in [9.17, 15) is 0 Å². The van der Waals surface area contributed by atoms with Crippen LogP contribution in [-0.2, 0) is 5.88 Å². The molecular weight excluding hydrogens is 232 g/mol. The fraction of sp³-hybridized carbons (Fsp3) is 0.643. The summed E-state index contributed by atoms with van der Waals surface area (Å²) in [5.41, 5.74) is 0.968. The molecule has 1 aliphatic rings. The molecule has 1 saturated heterocycles. The number of hydrogen-bond acceptors (Lipinski definition) is 2. The van der Waals surface area contributed by atoms with Crippen LogP contribution in [0.5, 0.6) is 0 Å². The number of aromatic nitrogens is 1. The minimum atomic E-state index is 0.496. The van der Waals surface area contributed by atoms with Crippen LogP contribution in [0.1, 0.15) is 32.4 Å². The molecule has 2 nitrogen and oxygen atoms in total. The predicted molar refractivity (Wildman–Crippen MR) is 73.6 cm³/mol. The van der Waals surface area contributed by atoms with Gasteiger partial charge in [-0.1, -0.05) is 19.9 Å². The fourth-order valence-corrected chi connectivity index (χ4v) is 2.66. The maximum atomic E-state index is 5.82. The molecule has 2 rings (SSSR count). The van der Waals surface area contributed by atoms with Gasteiger partial charge < -0.3 is 4.90 Å². The molecule has 2 heterocycles. The van der Waals surface area contributed by atoms with Crippen molar-refractivity contribution in [2.45, 2.75) is 32.6 Å². The minimum Gasteiger partial charge on any atom is -0.357 e. The van der Waals surface area contributed by atoms with Gasteiger partial charge in [0.25, 0.3) is 0 Å². The number of piperidine rings is 1. The molecular formula is C14H21ClN2. The Morgan fingerprint density at radius 2 is 2.06 bits per heavy atom. The van der Waals surface area contributed by atoms with Crippen molar-refractivity contribution in [3.63, 3.8) is 0 Å². The van der Waals surface area contributed by atoms with E-state index in [1.54, 1.807) is 0 Å². The Kier molecular flexibility index (Phi) is 4.27. The normalized spacial score (nSPS) is 17.8. The molecule has 3 heteroatoms. The molecule has 0 N–H and O–H groups in total. The monoisotopic (exact) mass is 252 g/mol. The summed E-state index contributed by atoms with van der Waals surface area (Å²) in [6.07, 6.45) is 2.56. The smallest absolute Gasteiger partial charge is 0.128 e. The van der Waals surface area contributed by atoms with E-state index in [4.69, 9.17) is 11.6 Å². The van der Waals surface area contributed by atoms with E-state index in [1.807, 2.05) is 6.07 Å². The second kappa shape index (κ2) is 5.72. The lowest BCUT2D eigenvalue weighted by atomic mass is 9.87. The lowest BCUT2D eigenvalue weighted by Gasteiger charge is -2.34. The van der Waals surface area contributed by atoms with Crippen molar-refractivity contribution in [2.75, 3.05) is 18.0 Å². The number of hydrogen-bond donors (Lipinski definition) is 0. The Morgan fingerprint density at radius 3 is 2.65 bits per heavy atom. The van der Waals surface area contributed by atoms with Crippen LogP contribution >= 0.6 is 11.6 Å². The van der Waals surface area contributed by atoms with E-state index >= 15 is 0 Å². The van der Waals surface area contributed by atoms with Crippen molar-refractivity contribution < 1.29 is 0 Å². The van der Waals surface area contributed by atoms with Crippen LogP contribution in [0.3, 0.4) is 0 Å². The minimum absolute atomic E-state index is 0.496. The van der Waals surface area contributed by atoms with Gasteiger partial charge in [0.1, 0.15) is 5.82 Å². The molecule has 0 bridgehead atoms. The molecule has 0 radical (unpaired) electrons. The number of alkyl halides is 1. The van der Waals surface area contributed by atoms with Gasteiger partial charge >= 0.3 is 0 Å². The van der Waals surface area contributed by atoms with Crippen molar-refractivity contribution in [3.8, 4) is 0 Å². The highest BCUT2D eigenvalue weighted by atomic mass is 35.5. The molecule has 1 aromatic rings. The lowest BCUT2D eigenvalue weighted by molar-refractivity contribution is 0.310. The highest BCUT2D eigenvalue weighted by Gasteiger charge is 2.22. The van der Waals surface area contributed by atoms with E-state index in [0.717, 1.165) is 36.4 Å². The second-order valence-electron chi connectivity index (χ2n) is 5.19. The average Bonchev–Trinajstić information content (AvgIpc) is 2.39. The van der Waals surface area contributed by atoms with Crippen LogP contribution in [-0.4, -0.2) is 18.1 Å². The van der Waals surface area contributed by atoms with Gasteiger partial charge in [-0.3, -0.25) is 0 Å². The summed E-state index contributed by atoms with van der Waals surface area (Å²) >= 11 is 5.82. The summed E-state index contributed by atoms with van der Waals surface area (Å²) in [6.45, 7) is 6.91. The number of anilines is 1. The average molecular weight is 253 g/mol. The van der Waals surface area contributed by atoms with Crippen molar-refractivity contribution in [3.05, 3.63) is 23.9 Å². The number of nitrogens with zero attached hydrogens (tertiary/aromatic N) is 2. The SMILES string of the molecule is CC(C)C1CCN(c2cccc(CCl)n2)CC1. The van der Waals surface area contributed by atoms with E-state index in [2.05, 4.69) is 35.9 Å². The molecule has 0 amide bonds. The van der Waals surface area contributed by atoms with Gasteiger partial charge in [-0.15, -0.1) is 11.6 Å². The molecule has 0 unspecified atom stereocenters. The molecule has 17 heavy (non-hydrogen) atoms. The summed E-state index contributed by atoms with van der Waals surface area (Å²) in [4.78, 5) is 6.96. The second-order valence-corrected chi connectivity index (χ2v) is 5.46. The first-order valence-electron chi connectivity index (χ1n) is 6.47. The third kappa shape index (κ3) is 3.12. The van der Waals surface area contributed by atoms with Gasteiger partial charge in [-0.25, -0.2) is 4.98 Å². The Bertz CT molecular complexity index is 357. The van der Waals surface area contributed by atoms with Crippen LogP contribution < -0.4 is 4.90 Å². The lowest BCUT2D eigenvalue weighted by Crippen LogP contribution is -2.35. The molecule has 0 spiro atoms. The largest absolute Gasteiger partial charge is 0.357 e. The van der Waals surface area contributed by atoms with Crippen LogP contribution in [0.25, 0.3) is 0 Å². The summed E-state index contributed by atoms with van der Waals surface area (Å²) in [6, 6.07) is 6.12.